The van der Waals surface area contributed by atoms with Crippen LogP contribution in [-0.2, 0) is 25.2 Å². The van der Waals surface area contributed by atoms with E-state index < -0.39 is 10.4 Å². The summed E-state index contributed by atoms with van der Waals surface area (Å²) in [6.45, 7) is 2.29. The Hall–Kier alpha value is -0.910. The van der Waals surface area contributed by atoms with Gasteiger partial charge in [-0.25, -0.2) is 8.37 Å². The molecule has 1 aromatic carbocycles. The van der Waals surface area contributed by atoms with Gasteiger partial charge >= 0.3 is 10.4 Å². The van der Waals surface area contributed by atoms with Crippen LogP contribution in [0, 0.1) is 5.41 Å². The first-order valence-electron chi connectivity index (χ1n) is 5.07. The molecule has 2 rings (SSSR count). The molecule has 0 spiro atoms. The average Bonchev–Trinajstić information content (AvgIpc) is 2.25. The predicted octanol–water partition coefficient (Wildman–Crippen LogP) is 1.53. The van der Waals surface area contributed by atoms with Crippen LogP contribution >= 0.6 is 0 Å². The van der Waals surface area contributed by atoms with Gasteiger partial charge in [0.2, 0.25) is 0 Å². The molecule has 1 saturated heterocycles. The lowest BCUT2D eigenvalue weighted by molar-refractivity contribution is 0.0377. The Morgan fingerprint density at radius 1 is 1.19 bits per heavy atom. The molecule has 1 heterocycles. The van der Waals surface area contributed by atoms with Gasteiger partial charge in [-0.2, -0.15) is 8.42 Å². The van der Waals surface area contributed by atoms with Crippen molar-refractivity contribution >= 4 is 10.4 Å². The first-order valence-corrected chi connectivity index (χ1v) is 6.40. The monoisotopic (exact) mass is 242 g/mol. The summed E-state index contributed by atoms with van der Waals surface area (Å²) in [6.07, 6.45) is 0.739. The zero-order valence-corrected chi connectivity index (χ0v) is 9.87. The molecule has 88 valence electrons. The molecule has 1 fully saturated rings. The first-order chi connectivity index (χ1) is 7.49. The Morgan fingerprint density at radius 2 is 1.75 bits per heavy atom. The Labute approximate surface area is 95.5 Å². The zero-order valence-electron chi connectivity index (χ0n) is 9.05. The van der Waals surface area contributed by atoms with Crippen molar-refractivity contribution in [3.63, 3.8) is 0 Å². The molecule has 1 aromatic rings. The maximum absolute atomic E-state index is 10.9. The molecule has 0 N–H and O–H groups in total. The van der Waals surface area contributed by atoms with E-state index in [9.17, 15) is 8.42 Å². The lowest BCUT2D eigenvalue weighted by atomic mass is 9.85. The van der Waals surface area contributed by atoms with Crippen molar-refractivity contribution in [3.8, 4) is 0 Å². The fourth-order valence-electron chi connectivity index (χ4n) is 1.70. The van der Waals surface area contributed by atoms with Crippen LogP contribution in [0.25, 0.3) is 0 Å². The minimum absolute atomic E-state index is 0.171. The van der Waals surface area contributed by atoms with Gasteiger partial charge in [-0.1, -0.05) is 37.3 Å². The van der Waals surface area contributed by atoms with Crippen molar-refractivity contribution < 1.29 is 16.8 Å². The van der Waals surface area contributed by atoms with E-state index in [0.717, 1.165) is 12.0 Å². The maximum Gasteiger partial charge on any atom is 0.399 e. The highest BCUT2D eigenvalue weighted by molar-refractivity contribution is 7.81. The molecule has 4 nitrogen and oxygen atoms in total. The van der Waals surface area contributed by atoms with Crippen molar-refractivity contribution in [2.24, 2.45) is 5.41 Å². The first kappa shape index (κ1) is 11.6. The fraction of sp³-hybridized carbons (Fsp3) is 0.455. The normalized spacial score (nSPS) is 22.8. The highest BCUT2D eigenvalue weighted by Gasteiger charge is 2.35. The molecule has 0 radical (unpaired) electrons. The van der Waals surface area contributed by atoms with E-state index in [4.69, 9.17) is 8.37 Å². The summed E-state index contributed by atoms with van der Waals surface area (Å²) in [6, 6.07) is 9.88. The average molecular weight is 242 g/mol. The minimum atomic E-state index is -3.75. The summed E-state index contributed by atoms with van der Waals surface area (Å²) in [5.41, 5.74) is 0.864. The molecule has 0 aliphatic carbocycles. The van der Waals surface area contributed by atoms with E-state index in [1.165, 1.54) is 0 Å². The molecular weight excluding hydrogens is 228 g/mol. The summed E-state index contributed by atoms with van der Waals surface area (Å²) in [7, 11) is -3.75. The van der Waals surface area contributed by atoms with E-state index in [2.05, 4.69) is 0 Å². The van der Waals surface area contributed by atoms with Gasteiger partial charge in [0.15, 0.2) is 0 Å². The summed E-state index contributed by atoms with van der Waals surface area (Å²) in [5, 5.41) is 0. The van der Waals surface area contributed by atoms with Gasteiger partial charge in [0.05, 0.1) is 13.2 Å². The molecule has 0 aromatic heterocycles. The van der Waals surface area contributed by atoms with E-state index in [1.807, 2.05) is 37.3 Å². The van der Waals surface area contributed by atoms with Gasteiger partial charge in [0.1, 0.15) is 0 Å². The van der Waals surface area contributed by atoms with Crippen LogP contribution in [0.3, 0.4) is 0 Å². The summed E-state index contributed by atoms with van der Waals surface area (Å²) in [4.78, 5) is 0. The fourth-order valence-corrected chi connectivity index (χ4v) is 2.62. The summed E-state index contributed by atoms with van der Waals surface area (Å²) in [5.74, 6) is 0. The van der Waals surface area contributed by atoms with Crippen LogP contribution in [0.2, 0.25) is 0 Å². The third-order valence-corrected chi connectivity index (χ3v) is 3.39. The smallest absolute Gasteiger partial charge is 0.248 e. The number of rotatable bonds is 2. The molecular formula is C11H14O4S. The molecule has 16 heavy (non-hydrogen) atoms. The van der Waals surface area contributed by atoms with Crippen molar-refractivity contribution in [1.82, 2.24) is 0 Å². The second-order valence-corrected chi connectivity index (χ2v) is 5.69. The van der Waals surface area contributed by atoms with Crippen molar-refractivity contribution in [1.29, 1.82) is 0 Å². The van der Waals surface area contributed by atoms with Crippen LogP contribution in [0.15, 0.2) is 30.3 Å². The quantitative estimate of drug-likeness (QED) is 0.789. The topological polar surface area (TPSA) is 52.6 Å². The predicted molar refractivity (Wildman–Crippen MR) is 59.1 cm³/mol. The molecule has 0 amide bonds. The second-order valence-electron chi connectivity index (χ2n) is 4.41. The third-order valence-electron chi connectivity index (χ3n) is 2.58. The molecule has 0 bridgehead atoms. The Balaban J connectivity index is 2.06. The van der Waals surface area contributed by atoms with Gasteiger partial charge in [0.25, 0.3) is 0 Å². The second kappa shape index (κ2) is 4.16. The van der Waals surface area contributed by atoms with Gasteiger partial charge in [-0.15, -0.1) is 0 Å². The molecule has 1 aliphatic heterocycles. The SMILES string of the molecule is CC1(Cc2ccccc2)COS(=O)(=O)OC1. The van der Waals surface area contributed by atoms with Gasteiger partial charge in [0, 0.05) is 5.41 Å². The molecule has 5 heteroatoms. The highest BCUT2D eigenvalue weighted by Crippen LogP contribution is 2.28. The van der Waals surface area contributed by atoms with E-state index in [0.29, 0.717) is 0 Å². The minimum Gasteiger partial charge on any atom is -0.248 e. The maximum atomic E-state index is 10.9. The van der Waals surface area contributed by atoms with Crippen LogP contribution in [0.5, 0.6) is 0 Å². The molecule has 1 aliphatic rings. The van der Waals surface area contributed by atoms with E-state index in [-0.39, 0.29) is 18.6 Å². The van der Waals surface area contributed by atoms with Gasteiger partial charge < -0.3 is 0 Å². The van der Waals surface area contributed by atoms with Crippen LogP contribution in [0.4, 0.5) is 0 Å². The Kier molecular flexibility index (Phi) is 3.01. The van der Waals surface area contributed by atoms with Crippen molar-refractivity contribution in [2.45, 2.75) is 13.3 Å². The van der Waals surface area contributed by atoms with Gasteiger partial charge in [-0.3, -0.25) is 0 Å². The third kappa shape index (κ3) is 2.81. The molecule has 0 unspecified atom stereocenters. The Morgan fingerprint density at radius 3 is 2.31 bits per heavy atom. The number of hydrogen-bond donors (Lipinski definition) is 0. The van der Waals surface area contributed by atoms with Crippen molar-refractivity contribution in [3.05, 3.63) is 35.9 Å². The van der Waals surface area contributed by atoms with Crippen LogP contribution in [0.1, 0.15) is 12.5 Å². The van der Waals surface area contributed by atoms with Gasteiger partial charge in [-0.05, 0) is 12.0 Å². The highest BCUT2D eigenvalue weighted by atomic mass is 32.3. The van der Waals surface area contributed by atoms with E-state index in [1.54, 1.807) is 0 Å². The van der Waals surface area contributed by atoms with E-state index >= 15 is 0 Å². The lowest BCUT2D eigenvalue weighted by Gasteiger charge is -2.32. The number of hydrogen-bond acceptors (Lipinski definition) is 4. The standard InChI is InChI=1S/C11H14O4S/c1-11(7-10-5-3-2-4-6-10)8-14-16(12,13)15-9-11/h2-6H,7-9H2,1H3. The largest absolute Gasteiger partial charge is 0.399 e. The van der Waals surface area contributed by atoms with Crippen molar-refractivity contribution in [2.75, 3.05) is 13.2 Å². The zero-order chi connectivity index (χ0) is 11.6. The number of benzene rings is 1. The Bertz CT molecular complexity index is 438. The summed E-state index contributed by atoms with van der Waals surface area (Å²) >= 11 is 0. The van der Waals surface area contributed by atoms with Crippen LogP contribution < -0.4 is 0 Å². The van der Waals surface area contributed by atoms with Crippen LogP contribution in [-0.4, -0.2) is 21.6 Å². The molecule has 0 saturated carbocycles. The lowest BCUT2D eigenvalue weighted by Crippen LogP contribution is -2.38. The summed E-state index contributed by atoms with van der Waals surface area (Å²) < 4.78 is 31.3. The molecule has 0 atom stereocenters.